The van der Waals surface area contributed by atoms with E-state index in [1.807, 2.05) is 6.07 Å². The molecule has 0 fully saturated rings. The molecular formula is C28H33N5O6. The number of carbonyl (C=O) groups excluding carboxylic acids is 3. The maximum atomic E-state index is 13.4. The van der Waals surface area contributed by atoms with Gasteiger partial charge in [-0.3, -0.25) is 14.4 Å². The van der Waals surface area contributed by atoms with Gasteiger partial charge in [0.05, 0.1) is 6.61 Å². The summed E-state index contributed by atoms with van der Waals surface area (Å²) < 4.78 is 16.9. The normalized spacial score (nSPS) is 12.6. The van der Waals surface area contributed by atoms with Gasteiger partial charge in [-0.2, -0.15) is 0 Å². The van der Waals surface area contributed by atoms with Gasteiger partial charge in [0.2, 0.25) is 5.95 Å². The molecule has 206 valence electrons. The van der Waals surface area contributed by atoms with Crippen molar-refractivity contribution in [3.8, 4) is 0 Å². The molecule has 0 bridgehead atoms. The fourth-order valence-electron chi connectivity index (χ4n) is 3.43. The Morgan fingerprint density at radius 1 is 0.923 bits per heavy atom. The Morgan fingerprint density at radius 3 is 2.15 bits per heavy atom. The summed E-state index contributed by atoms with van der Waals surface area (Å²) in [6.45, 7) is 5.00. The number of nitrogens with two attached hydrogens (primary N) is 1. The predicted octanol–water partition coefficient (Wildman–Crippen LogP) is 2.95. The number of aromatic nitrogens is 2. The lowest BCUT2D eigenvalue weighted by atomic mass is 10.1. The van der Waals surface area contributed by atoms with Gasteiger partial charge in [0.15, 0.2) is 12.1 Å². The molecule has 11 heteroatoms. The van der Waals surface area contributed by atoms with E-state index in [1.54, 1.807) is 93.8 Å². The monoisotopic (exact) mass is 535 g/mol. The molecule has 3 aromatic rings. The number of carbonyl (C=O) groups is 3. The smallest absolute Gasteiger partial charge is 0.325 e. The third kappa shape index (κ3) is 9.16. The number of benzene rings is 2. The Morgan fingerprint density at radius 2 is 1.54 bits per heavy atom. The van der Waals surface area contributed by atoms with Crippen molar-refractivity contribution >= 4 is 23.8 Å². The number of ether oxygens (including phenoxy) is 3. The third-order valence-corrected chi connectivity index (χ3v) is 5.19. The Balaban J connectivity index is 1.86. The molecule has 0 aliphatic heterocycles. The summed E-state index contributed by atoms with van der Waals surface area (Å²) in [5, 5.41) is 3.67. The van der Waals surface area contributed by atoms with E-state index in [-0.39, 0.29) is 25.3 Å². The Kier molecular flexibility index (Phi) is 10.5. The van der Waals surface area contributed by atoms with Gasteiger partial charge in [-0.25, -0.2) is 20.8 Å². The number of nitrogens with one attached hydrogen (secondary N) is 1. The van der Waals surface area contributed by atoms with Gasteiger partial charge >= 0.3 is 11.9 Å². The van der Waals surface area contributed by atoms with Crippen LogP contribution in [0.3, 0.4) is 0 Å². The number of hydrogen-bond acceptors (Lipinski definition) is 10. The predicted molar refractivity (Wildman–Crippen MR) is 143 cm³/mol. The standard InChI is InChI=1S/C28H33N5O6/c1-28(2,3)39-26(36)22(25(35)38-19-20-11-6-4-7-12-20)24(33(29)23(34)21-13-8-5-9-14-21)37-18-17-32-27-30-15-10-16-31-27/h4-16,22,24H,17-19,29H2,1-3H3,(H,30,31,32)/t22-,24?/m0/s1. The van der Waals surface area contributed by atoms with Gasteiger partial charge < -0.3 is 19.5 Å². The Labute approximate surface area is 227 Å². The first-order valence-corrected chi connectivity index (χ1v) is 12.3. The molecular weight excluding hydrogens is 502 g/mol. The zero-order valence-corrected chi connectivity index (χ0v) is 22.2. The summed E-state index contributed by atoms with van der Waals surface area (Å²) >= 11 is 0. The summed E-state index contributed by atoms with van der Waals surface area (Å²) in [7, 11) is 0. The molecule has 2 atom stereocenters. The van der Waals surface area contributed by atoms with Crippen LogP contribution in [-0.2, 0) is 30.4 Å². The van der Waals surface area contributed by atoms with Crippen molar-refractivity contribution in [2.45, 2.75) is 39.2 Å². The van der Waals surface area contributed by atoms with E-state index in [4.69, 9.17) is 20.1 Å². The number of esters is 2. The molecule has 0 aliphatic carbocycles. The lowest BCUT2D eigenvalue weighted by Crippen LogP contribution is -2.56. The zero-order chi connectivity index (χ0) is 28.3. The quantitative estimate of drug-likeness (QED) is 0.0675. The highest BCUT2D eigenvalue weighted by molar-refractivity contribution is 5.98. The number of nitrogens with zero attached hydrogens (tertiary/aromatic N) is 3. The van der Waals surface area contributed by atoms with Crippen molar-refractivity contribution in [1.82, 2.24) is 15.0 Å². The molecule has 0 radical (unpaired) electrons. The molecule has 0 saturated heterocycles. The van der Waals surface area contributed by atoms with Crippen LogP contribution in [0, 0.1) is 5.92 Å². The van der Waals surface area contributed by atoms with Gasteiger partial charge in [0.25, 0.3) is 5.91 Å². The lowest BCUT2D eigenvalue weighted by Gasteiger charge is -2.33. The number of hydrazine groups is 1. The maximum Gasteiger partial charge on any atom is 0.325 e. The molecule has 2 aromatic carbocycles. The highest BCUT2D eigenvalue weighted by atomic mass is 16.6. The van der Waals surface area contributed by atoms with Crippen molar-refractivity contribution in [2.75, 3.05) is 18.5 Å². The molecule has 3 N–H and O–H groups in total. The van der Waals surface area contributed by atoms with Crippen LogP contribution in [0.15, 0.2) is 79.1 Å². The number of rotatable bonds is 12. The van der Waals surface area contributed by atoms with E-state index in [9.17, 15) is 14.4 Å². The summed E-state index contributed by atoms with van der Waals surface area (Å²) in [4.78, 5) is 48.1. The first-order valence-electron chi connectivity index (χ1n) is 12.3. The van der Waals surface area contributed by atoms with Gasteiger partial charge in [-0.05, 0) is 44.5 Å². The minimum Gasteiger partial charge on any atom is -0.460 e. The second-order valence-corrected chi connectivity index (χ2v) is 9.44. The Bertz CT molecular complexity index is 1210. The molecule has 1 unspecified atom stereocenters. The molecule has 39 heavy (non-hydrogen) atoms. The Hall–Kier alpha value is -4.35. The van der Waals surface area contributed by atoms with Crippen LogP contribution < -0.4 is 11.2 Å². The minimum atomic E-state index is -1.70. The van der Waals surface area contributed by atoms with Crippen molar-refractivity contribution in [2.24, 2.45) is 11.8 Å². The van der Waals surface area contributed by atoms with E-state index in [2.05, 4.69) is 15.3 Å². The van der Waals surface area contributed by atoms with Crippen LogP contribution in [0.5, 0.6) is 0 Å². The average Bonchev–Trinajstić information content (AvgIpc) is 2.93. The highest BCUT2D eigenvalue weighted by Crippen LogP contribution is 2.21. The third-order valence-electron chi connectivity index (χ3n) is 5.19. The van der Waals surface area contributed by atoms with Crippen molar-refractivity contribution in [3.05, 3.63) is 90.3 Å². The van der Waals surface area contributed by atoms with Crippen LogP contribution in [0.4, 0.5) is 5.95 Å². The summed E-state index contributed by atoms with van der Waals surface area (Å²) in [6.07, 6.45) is 1.59. The minimum absolute atomic E-state index is 0.0655. The average molecular weight is 536 g/mol. The second-order valence-electron chi connectivity index (χ2n) is 9.44. The van der Waals surface area contributed by atoms with Crippen LogP contribution >= 0.6 is 0 Å². The summed E-state index contributed by atoms with van der Waals surface area (Å²) in [6, 6.07) is 18.8. The van der Waals surface area contributed by atoms with E-state index in [1.165, 1.54) is 0 Å². The van der Waals surface area contributed by atoms with Gasteiger partial charge in [0.1, 0.15) is 12.2 Å². The van der Waals surface area contributed by atoms with Crippen molar-refractivity contribution in [3.63, 3.8) is 0 Å². The molecule has 0 saturated carbocycles. The number of hydrogen-bond donors (Lipinski definition) is 2. The molecule has 1 heterocycles. The highest BCUT2D eigenvalue weighted by Gasteiger charge is 2.44. The maximum absolute atomic E-state index is 13.4. The molecule has 3 rings (SSSR count). The topological polar surface area (TPSA) is 146 Å². The van der Waals surface area contributed by atoms with E-state index in [0.29, 0.717) is 16.5 Å². The van der Waals surface area contributed by atoms with Crippen LogP contribution in [-0.4, -0.2) is 57.8 Å². The number of amides is 1. The van der Waals surface area contributed by atoms with E-state index < -0.39 is 35.6 Å². The van der Waals surface area contributed by atoms with Gasteiger partial charge in [0, 0.05) is 24.5 Å². The van der Waals surface area contributed by atoms with Gasteiger partial charge in [-0.15, -0.1) is 0 Å². The van der Waals surface area contributed by atoms with Crippen molar-refractivity contribution < 1.29 is 28.6 Å². The number of anilines is 1. The first kappa shape index (κ1) is 29.2. The van der Waals surface area contributed by atoms with E-state index in [0.717, 1.165) is 0 Å². The van der Waals surface area contributed by atoms with Gasteiger partial charge in [-0.1, -0.05) is 48.5 Å². The summed E-state index contributed by atoms with van der Waals surface area (Å²) in [5.74, 6) is 2.34. The van der Waals surface area contributed by atoms with Crippen LogP contribution in [0.1, 0.15) is 36.7 Å². The fraction of sp³-hybridized carbons (Fsp3) is 0.321. The first-order chi connectivity index (χ1) is 18.7. The molecule has 1 amide bonds. The fourth-order valence-corrected chi connectivity index (χ4v) is 3.43. The summed E-state index contributed by atoms with van der Waals surface area (Å²) in [5.41, 5.74) is 0.0163. The molecule has 0 aliphatic rings. The molecule has 1 aromatic heterocycles. The SMILES string of the molecule is CC(C)(C)OC(=O)[C@H](C(=O)OCc1ccccc1)C(OCCNc1ncccn1)N(N)C(=O)c1ccccc1. The van der Waals surface area contributed by atoms with Crippen LogP contribution in [0.25, 0.3) is 0 Å². The van der Waals surface area contributed by atoms with Crippen LogP contribution in [0.2, 0.25) is 0 Å². The van der Waals surface area contributed by atoms with E-state index >= 15 is 0 Å². The molecule has 11 nitrogen and oxygen atoms in total. The zero-order valence-electron chi connectivity index (χ0n) is 22.2. The second kappa shape index (κ2) is 14.0. The van der Waals surface area contributed by atoms with Crippen molar-refractivity contribution in [1.29, 1.82) is 0 Å². The lowest BCUT2D eigenvalue weighted by molar-refractivity contribution is -0.184. The largest absolute Gasteiger partial charge is 0.460 e. The molecule has 0 spiro atoms.